The van der Waals surface area contributed by atoms with E-state index in [1.807, 2.05) is 0 Å². The molecule has 0 aliphatic heterocycles. The Balaban J connectivity index is 2.03. The van der Waals surface area contributed by atoms with Crippen LogP contribution in [0.5, 0.6) is 5.75 Å². The first kappa shape index (κ1) is 20.4. The summed E-state index contributed by atoms with van der Waals surface area (Å²) in [5.74, 6) is -1.51. The van der Waals surface area contributed by atoms with Gasteiger partial charge in [0.2, 0.25) is 0 Å². The summed E-state index contributed by atoms with van der Waals surface area (Å²) < 4.78 is 18.7. The molecule has 8 heteroatoms. The average Bonchev–Trinajstić information content (AvgIpc) is 2.61. The van der Waals surface area contributed by atoms with Crippen LogP contribution in [0.2, 0.25) is 5.02 Å². The van der Waals surface area contributed by atoms with Crippen LogP contribution < -0.4 is 15.5 Å². The molecule has 6 nitrogen and oxygen atoms in total. The predicted molar refractivity (Wildman–Crippen MR) is 101 cm³/mol. The van der Waals surface area contributed by atoms with Gasteiger partial charge < -0.3 is 10.1 Å². The highest BCUT2D eigenvalue weighted by atomic mass is 35.5. The van der Waals surface area contributed by atoms with Crippen LogP contribution in [0, 0.1) is 5.82 Å². The van der Waals surface area contributed by atoms with Gasteiger partial charge in [-0.1, -0.05) is 23.7 Å². The number of benzene rings is 2. The normalized spacial score (nSPS) is 10.9. The van der Waals surface area contributed by atoms with E-state index >= 15 is 0 Å². The molecule has 2 amide bonds. The quantitative estimate of drug-likeness (QED) is 0.451. The summed E-state index contributed by atoms with van der Waals surface area (Å²) in [6.45, 7) is 3.70. The van der Waals surface area contributed by atoms with Crippen molar-refractivity contribution in [3.8, 4) is 5.75 Å². The van der Waals surface area contributed by atoms with Crippen LogP contribution >= 0.6 is 11.6 Å². The molecule has 0 aliphatic rings. The highest BCUT2D eigenvalue weighted by Crippen LogP contribution is 2.22. The first-order valence-corrected chi connectivity index (χ1v) is 8.53. The molecule has 0 atom stereocenters. The van der Waals surface area contributed by atoms with Crippen LogP contribution in [0.1, 0.15) is 25.0 Å². The second-order valence-electron chi connectivity index (χ2n) is 5.92. The number of ether oxygens (including phenoxy) is 1. The molecule has 2 aromatic rings. The highest BCUT2D eigenvalue weighted by molar-refractivity contribution is 6.35. The Kier molecular flexibility index (Phi) is 7.31. The van der Waals surface area contributed by atoms with Crippen molar-refractivity contribution in [2.45, 2.75) is 26.5 Å². The van der Waals surface area contributed by atoms with Crippen molar-refractivity contribution >= 4 is 29.6 Å². The van der Waals surface area contributed by atoms with E-state index in [1.165, 1.54) is 18.3 Å². The van der Waals surface area contributed by atoms with Gasteiger partial charge in [-0.15, -0.1) is 0 Å². The second kappa shape index (κ2) is 9.68. The Labute approximate surface area is 161 Å². The number of carbonyl (C=O) groups excluding carboxylic acids is 2. The minimum absolute atomic E-state index is 0.161. The lowest BCUT2D eigenvalue weighted by molar-refractivity contribution is -0.139. The Hall–Kier alpha value is -2.93. The third-order valence-electron chi connectivity index (χ3n) is 3.28. The zero-order chi connectivity index (χ0) is 19.8. The zero-order valence-electron chi connectivity index (χ0n) is 14.8. The van der Waals surface area contributed by atoms with Gasteiger partial charge in [0.25, 0.3) is 0 Å². The van der Waals surface area contributed by atoms with E-state index in [4.69, 9.17) is 16.3 Å². The van der Waals surface area contributed by atoms with E-state index in [9.17, 15) is 14.0 Å². The van der Waals surface area contributed by atoms with E-state index in [1.54, 1.807) is 44.2 Å². The van der Waals surface area contributed by atoms with Gasteiger partial charge in [-0.05, 0) is 49.7 Å². The summed E-state index contributed by atoms with van der Waals surface area (Å²) in [5, 5.41) is 6.67. The Morgan fingerprint density at radius 2 is 1.89 bits per heavy atom. The standard InChI is InChI=1S/C19H19ClFN3O3/c1-12(2)23-18(25)19(26)24-22-10-14-9-15(20)5-8-17(14)27-11-13-3-6-16(21)7-4-13/h3-10,12H,11H2,1-2H3,(H,23,25)(H,24,26)/b22-10-. The van der Waals surface area contributed by atoms with Crippen molar-refractivity contribution in [2.75, 3.05) is 0 Å². The average molecular weight is 392 g/mol. The van der Waals surface area contributed by atoms with Crippen LogP contribution in [0.25, 0.3) is 0 Å². The monoisotopic (exact) mass is 391 g/mol. The molecule has 2 N–H and O–H groups in total. The molecule has 2 aromatic carbocycles. The smallest absolute Gasteiger partial charge is 0.329 e. The van der Waals surface area contributed by atoms with Gasteiger partial charge in [0.05, 0.1) is 6.21 Å². The molecule has 0 aliphatic carbocycles. The van der Waals surface area contributed by atoms with Gasteiger partial charge in [-0.25, -0.2) is 9.82 Å². The number of hydrogen-bond donors (Lipinski definition) is 2. The largest absolute Gasteiger partial charge is 0.488 e. The van der Waals surface area contributed by atoms with E-state index in [0.717, 1.165) is 5.56 Å². The molecule has 0 saturated carbocycles. The number of nitrogens with zero attached hydrogens (tertiary/aromatic N) is 1. The molecule has 0 radical (unpaired) electrons. The summed E-state index contributed by atoms with van der Waals surface area (Å²) >= 11 is 5.99. The first-order chi connectivity index (χ1) is 12.8. The molecule has 0 heterocycles. The lowest BCUT2D eigenvalue weighted by Gasteiger charge is -2.10. The van der Waals surface area contributed by atoms with Crippen molar-refractivity contribution < 1.29 is 18.7 Å². The molecule has 0 fully saturated rings. The van der Waals surface area contributed by atoms with Gasteiger partial charge in [0.15, 0.2) is 0 Å². The Morgan fingerprint density at radius 3 is 2.56 bits per heavy atom. The molecule has 27 heavy (non-hydrogen) atoms. The number of halogens is 2. The molecule has 0 bridgehead atoms. The number of amides is 2. The van der Waals surface area contributed by atoms with Crippen molar-refractivity contribution in [3.63, 3.8) is 0 Å². The molecule has 0 saturated heterocycles. The summed E-state index contributed by atoms with van der Waals surface area (Å²) in [7, 11) is 0. The lowest BCUT2D eigenvalue weighted by Crippen LogP contribution is -2.41. The van der Waals surface area contributed by atoms with Crippen LogP contribution in [0.15, 0.2) is 47.6 Å². The summed E-state index contributed by atoms with van der Waals surface area (Å²) in [6.07, 6.45) is 1.33. The second-order valence-corrected chi connectivity index (χ2v) is 6.36. The SMILES string of the molecule is CC(C)NC(=O)C(=O)N/N=C\c1cc(Cl)ccc1OCc1ccc(F)cc1. The Bertz CT molecular complexity index is 839. The molecular weight excluding hydrogens is 373 g/mol. The number of hydrogen-bond acceptors (Lipinski definition) is 4. The molecule has 0 spiro atoms. The predicted octanol–water partition coefficient (Wildman–Crippen LogP) is 3.03. The topological polar surface area (TPSA) is 79.8 Å². The number of nitrogens with one attached hydrogen (secondary N) is 2. The molecule has 0 aromatic heterocycles. The van der Waals surface area contributed by atoms with E-state index in [2.05, 4.69) is 15.8 Å². The van der Waals surface area contributed by atoms with Crippen molar-refractivity contribution in [2.24, 2.45) is 5.10 Å². The third-order valence-corrected chi connectivity index (χ3v) is 3.51. The van der Waals surface area contributed by atoms with Crippen molar-refractivity contribution in [1.29, 1.82) is 0 Å². The van der Waals surface area contributed by atoms with Crippen molar-refractivity contribution in [1.82, 2.24) is 10.7 Å². The molecule has 142 valence electrons. The maximum atomic E-state index is 13.0. The molecule has 0 unspecified atom stereocenters. The van der Waals surface area contributed by atoms with Gasteiger partial charge in [-0.3, -0.25) is 9.59 Å². The van der Waals surface area contributed by atoms with Crippen LogP contribution in [0.4, 0.5) is 4.39 Å². The number of rotatable bonds is 6. The molecule has 2 rings (SSSR count). The zero-order valence-corrected chi connectivity index (χ0v) is 15.6. The summed E-state index contributed by atoms with van der Waals surface area (Å²) in [5.41, 5.74) is 3.43. The number of carbonyl (C=O) groups is 2. The van der Waals surface area contributed by atoms with Crippen LogP contribution in [-0.4, -0.2) is 24.1 Å². The van der Waals surface area contributed by atoms with E-state index in [0.29, 0.717) is 16.3 Å². The minimum atomic E-state index is -0.879. The maximum Gasteiger partial charge on any atom is 0.329 e. The summed E-state index contributed by atoms with van der Waals surface area (Å²) in [6, 6.07) is 10.7. The molecular formula is C19H19ClFN3O3. The van der Waals surface area contributed by atoms with Gasteiger partial charge in [0, 0.05) is 16.6 Å². The van der Waals surface area contributed by atoms with Crippen LogP contribution in [-0.2, 0) is 16.2 Å². The third kappa shape index (κ3) is 6.71. The van der Waals surface area contributed by atoms with Gasteiger partial charge in [-0.2, -0.15) is 5.10 Å². The van der Waals surface area contributed by atoms with Crippen LogP contribution in [0.3, 0.4) is 0 Å². The fourth-order valence-electron chi connectivity index (χ4n) is 2.03. The Morgan fingerprint density at radius 1 is 1.19 bits per heavy atom. The first-order valence-electron chi connectivity index (χ1n) is 8.16. The fraction of sp³-hybridized carbons (Fsp3) is 0.211. The van der Waals surface area contributed by atoms with E-state index < -0.39 is 11.8 Å². The van der Waals surface area contributed by atoms with Crippen molar-refractivity contribution in [3.05, 3.63) is 64.4 Å². The number of hydrazone groups is 1. The maximum absolute atomic E-state index is 13.0. The minimum Gasteiger partial charge on any atom is -0.488 e. The summed E-state index contributed by atoms with van der Waals surface area (Å²) in [4.78, 5) is 23.2. The van der Waals surface area contributed by atoms with Gasteiger partial charge >= 0.3 is 11.8 Å². The van der Waals surface area contributed by atoms with E-state index in [-0.39, 0.29) is 18.5 Å². The highest BCUT2D eigenvalue weighted by Gasteiger charge is 2.13. The van der Waals surface area contributed by atoms with Gasteiger partial charge in [0.1, 0.15) is 18.2 Å². The lowest BCUT2D eigenvalue weighted by atomic mass is 10.2. The fourth-order valence-corrected chi connectivity index (χ4v) is 2.21.